The lowest BCUT2D eigenvalue weighted by Crippen LogP contribution is -2.35. The summed E-state index contributed by atoms with van der Waals surface area (Å²) in [5.41, 5.74) is 1.26. The molecule has 2 N–H and O–H groups in total. The summed E-state index contributed by atoms with van der Waals surface area (Å²) in [6, 6.07) is 12.5. The molecule has 0 unspecified atom stereocenters. The summed E-state index contributed by atoms with van der Waals surface area (Å²) in [5, 5.41) is 5.46. The number of nitrogens with one attached hydrogen (secondary N) is 2. The van der Waals surface area contributed by atoms with Crippen LogP contribution in [0.2, 0.25) is 0 Å². The Morgan fingerprint density at radius 3 is 2.43 bits per heavy atom. The number of ether oxygens (including phenoxy) is 1. The van der Waals surface area contributed by atoms with Gasteiger partial charge in [0.15, 0.2) is 0 Å². The summed E-state index contributed by atoms with van der Waals surface area (Å²) in [6.07, 6.45) is 1.85. The van der Waals surface area contributed by atoms with Gasteiger partial charge in [0.05, 0.1) is 13.5 Å². The Morgan fingerprint density at radius 1 is 1.04 bits per heavy atom. The third-order valence-corrected chi connectivity index (χ3v) is 3.15. The number of rotatable bonds is 7. The van der Waals surface area contributed by atoms with Crippen LogP contribution >= 0.6 is 0 Å². The number of benzene rings is 1. The molecule has 0 saturated carbocycles. The Balaban J connectivity index is 1.67. The topological polar surface area (TPSA) is 80.3 Å². The van der Waals surface area contributed by atoms with Gasteiger partial charge in [0, 0.05) is 19.3 Å². The highest BCUT2D eigenvalue weighted by molar-refractivity contribution is 5.92. The lowest BCUT2D eigenvalue weighted by atomic mass is 10.1. The first-order valence-electron chi connectivity index (χ1n) is 7.28. The SMILES string of the molecule is COc1ccc(CC(=O)NCCNC(=O)c2ccccn2)cc1. The van der Waals surface area contributed by atoms with Crippen LogP contribution in [0, 0.1) is 0 Å². The van der Waals surface area contributed by atoms with Crippen molar-refractivity contribution >= 4 is 11.8 Å². The fourth-order valence-electron chi connectivity index (χ4n) is 1.96. The Kier molecular flexibility index (Phi) is 6.11. The molecule has 120 valence electrons. The average molecular weight is 313 g/mol. The van der Waals surface area contributed by atoms with Crippen molar-refractivity contribution in [1.82, 2.24) is 15.6 Å². The van der Waals surface area contributed by atoms with Crippen molar-refractivity contribution in [3.63, 3.8) is 0 Å². The normalized spacial score (nSPS) is 9.96. The molecule has 0 spiro atoms. The Labute approximate surface area is 134 Å². The zero-order valence-corrected chi connectivity index (χ0v) is 12.9. The molecule has 2 amide bonds. The number of carbonyl (C=O) groups is 2. The number of aromatic nitrogens is 1. The van der Waals surface area contributed by atoms with Gasteiger partial charge in [0.1, 0.15) is 11.4 Å². The number of carbonyl (C=O) groups excluding carboxylic acids is 2. The number of nitrogens with zero attached hydrogens (tertiary/aromatic N) is 1. The molecule has 0 aliphatic rings. The second-order valence-electron chi connectivity index (χ2n) is 4.85. The largest absolute Gasteiger partial charge is 0.497 e. The van der Waals surface area contributed by atoms with Crippen LogP contribution in [0.3, 0.4) is 0 Å². The van der Waals surface area contributed by atoms with Gasteiger partial charge >= 0.3 is 0 Å². The van der Waals surface area contributed by atoms with Gasteiger partial charge in [-0.1, -0.05) is 18.2 Å². The molecule has 1 aromatic heterocycles. The fourth-order valence-corrected chi connectivity index (χ4v) is 1.96. The predicted molar refractivity (Wildman–Crippen MR) is 86.3 cm³/mol. The van der Waals surface area contributed by atoms with Crippen LogP contribution < -0.4 is 15.4 Å². The summed E-state index contributed by atoms with van der Waals surface area (Å²) in [6.45, 7) is 0.720. The number of hydrogen-bond donors (Lipinski definition) is 2. The Hall–Kier alpha value is -2.89. The maximum absolute atomic E-state index is 11.8. The minimum Gasteiger partial charge on any atom is -0.497 e. The molecule has 2 aromatic rings. The lowest BCUT2D eigenvalue weighted by molar-refractivity contribution is -0.120. The molecule has 0 aliphatic carbocycles. The van der Waals surface area contributed by atoms with Crippen LogP contribution in [0.5, 0.6) is 5.75 Å². The van der Waals surface area contributed by atoms with E-state index in [2.05, 4.69) is 15.6 Å². The summed E-state index contributed by atoms with van der Waals surface area (Å²) < 4.78 is 5.07. The monoisotopic (exact) mass is 313 g/mol. The highest BCUT2D eigenvalue weighted by atomic mass is 16.5. The van der Waals surface area contributed by atoms with E-state index in [-0.39, 0.29) is 18.2 Å². The summed E-state index contributed by atoms with van der Waals surface area (Å²) in [7, 11) is 1.60. The molecule has 0 fully saturated rings. The van der Waals surface area contributed by atoms with Crippen LogP contribution in [0.1, 0.15) is 16.1 Å². The van der Waals surface area contributed by atoms with Crippen LogP contribution in [0.4, 0.5) is 0 Å². The van der Waals surface area contributed by atoms with Crippen molar-refractivity contribution in [2.24, 2.45) is 0 Å². The molecule has 23 heavy (non-hydrogen) atoms. The van der Waals surface area contributed by atoms with E-state index in [9.17, 15) is 9.59 Å². The number of amides is 2. The van der Waals surface area contributed by atoms with Crippen LogP contribution in [-0.2, 0) is 11.2 Å². The van der Waals surface area contributed by atoms with Gasteiger partial charge in [0.2, 0.25) is 5.91 Å². The van der Waals surface area contributed by atoms with Crippen molar-refractivity contribution in [2.45, 2.75) is 6.42 Å². The van der Waals surface area contributed by atoms with Crippen molar-refractivity contribution in [1.29, 1.82) is 0 Å². The van der Waals surface area contributed by atoms with E-state index in [0.717, 1.165) is 11.3 Å². The van der Waals surface area contributed by atoms with E-state index >= 15 is 0 Å². The predicted octanol–water partition coefficient (Wildman–Crippen LogP) is 1.18. The zero-order valence-electron chi connectivity index (χ0n) is 12.9. The van der Waals surface area contributed by atoms with Crippen LogP contribution in [0.25, 0.3) is 0 Å². The van der Waals surface area contributed by atoms with Gasteiger partial charge in [-0.2, -0.15) is 0 Å². The van der Waals surface area contributed by atoms with E-state index in [1.165, 1.54) is 0 Å². The highest BCUT2D eigenvalue weighted by Gasteiger charge is 2.06. The van der Waals surface area contributed by atoms with Gasteiger partial charge in [0.25, 0.3) is 5.91 Å². The number of hydrogen-bond acceptors (Lipinski definition) is 4. The molecule has 1 heterocycles. The molecule has 6 nitrogen and oxygen atoms in total. The second kappa shape index (κ2) is 8.53. The van der Waals surface area contributed by atoms with E-state index in [4.69, 9.17) is 4.74 Å². The molecule has 2 rings (SSSR count). The molecule has 0 aliphatic heterocycles. The molecule has 1 aromatic carbocycles. The zero-order chi connectivity index (χ0) is 16.5. The summed E-state index contributed by atoms with van der Waals surface area (Å²) in [5.74, 6) is 0.406. The van der Waals surface area contributed by atoms with Gasteiger partial charge < -0.3 is 15.4 Å². The molecular formula is C17H19N3O3. The van der Waals surface area contributed by atoms with E-state index in [1.807, 2.05) is 24.3 Å². The molecular weight excluding hydrogens is 294 g/mol. The standard InChI is InChI=1S/C17H19N3O3/c1-23-14-7-5-13(6-8-14)12-16(21)19-10-11-20-17(22)15-4-2-3-9-18-15/h2-9H,10-12H2,1H3,(H,19,21)(H,20,22). The average Bonchev–Trinajstić information content (AvgIpc) is 2.60. The molecule has 6 heteroatoms. The maximum atomic E-state index is 11.8. The first-order valence-corrected chi connectivity index (χ1v) is 7.28. The van der Waals surface area contributed by atoms with Crippen LogP contribution in [0.15, 0.2) is 48.7 Å². The molecule has 0 bridgehead atoms. The fraction of sp³-hybridized carbons (Fsp3) is 0.235. The smallest absolute Gasteiger partial charge is 0.269 e. The Bertz CT molecular complexity index is 642. The van der Waals surface area contributed by atoms with Gasteiger partial charge in [-0.15, -0.1) is 0 Å². The van der Waals surface area contributed by atoms with Crippen LogP contribution in [-0.4, -0.2) is 37.0 Å². The van der Waals surface area contributed by atoms with Gasteiger partial charge in [-0.05, 0) is 29.8 Å². The van der Waals surface area contributed by atoms with Crippen molar-refractivity contribution < 1.29 is 14.3 Å². The minimum absolute atomic E-state index is 0.0951. The first-order chi connectivity index (χ1) is 11.2. The van der Waals surface area contributed by atoms with Crippen molar-refractivity contribution in [2.75, 3.05) is 20.2 Å². The third-order valence-electron chi connectivity index (χ3n) is 3.15. The van der Waals surface area contributed by atoms with E-state index in [0.29, 0.717) is 18.8 Å². The van der Waals surface area contributed by atoms with Crippen molar-refractivity contribution in [3.05, 3.63) is 59.9 Å². The van der Waals surface area contributed by atoms with Gasteiger partial charge in [-0.25, -0.2) is 0 Å². The minimum atomic E-state index is -0.255. The van der Waals surface area contributed by atoms with E-state index < -0.39 is 0 Å². The number of methoxy groups -OCH3 is 1. The maximum Gasteiger partial charge on any atom is 0.269 e. The number of pyridine rings is 1. The molecule has 0 atom stereocenters. The summed E-state index contributed by atoms with van der Waals surface area (Å²) in [4.78, 5) is 27.5. The third kappa shape index (κ3) is 5.43. The van der Waals surface area contributed by atoms with Gasteiger partial charge in [-0.3, -0.25) is 14.6 Å². The lowest BCUT2D eigenvalue weighted by Gasteiger charge is -2.07. The van der Waals surface area contributed by atoms with E-state index in [1.54, 1.807) is 31.5 Å². The van der Waals surface area contributed by atoms with Crippen molar-refractivity contribution in [3.8, 4) is 5.75 Å². The first kappa shape index (κ1) is 16.5. The Morgan fingerprint density at radius 2 is 1.78 bits per heavy atom. The second-order valence-corrected chi connectivity index (χ2v) is 4.85. The quantitative estimate of drug-likeness (QED) is 0.752. The highest BCUT2D eigenvalue weighted by Crippen LogP contribution is 2.11. The molecule has 0 saturated heterocycles. The molecule has 0 radical (unpaired) electrons. The summed E-state index contributed by atoms with van der Waals surface area (Å²) >= 11 is 0.